The number of hydrogen-bond acceptors (Lipinski definition) is 6. The molecule has 0 spiro atoms. The average Bonchev–Trinajstić information content (AvgIpc) is 3.30. The third kappa shape index (κ3) is 3.83. The number of hydrogen-bond donors (Lipinski definition) is 2. The Morgan fingerprint density at radius 3 is 2.47 bits per heavy atom. The van der Waals surface area contributed by atoms with Gasteiger partial charge in [-0.2, -0.15) is 0 Å². The van der Waals surface area contributed by atoms with Crippen LogP contribution in [0.1, 0.15) is 87.5 Å². The van der Waals surface area contributed by atoms with E-state index in [1.54, 1.807) is 6.08 Å². The normalized spacial score (nSPS) is 49.3. The monoisotopic (exact) mass is 528 g/mol. The van der Waals surface area contributed by atoms with Crippen molar-refractivity contribution in [2.75, 3.05) is 0 Å². The Labute approximate surface area is 228 Å². The molecule has 1 saturated heterocycles. The van der Waals surface area contributed by atoms with Gasteiger partial charge in [-0.15, -0.1) is 0 Å². The summed E-state index contributed by atoms with van der Waals surface area (Å²) in [6.07, 6.45) is 7.96. The topological polar surface area (TPSA) is 93.1 Å². The Morgan fingerprint density at radius 1 is 1.16 bits per heavy atom. The summed E-state index contributed by atoms with van der Waals surface area (Å²) in [6.45, 7) is 16.4. The molecule has 0 radical (unpaired) electrons. The number of ketones is 1. The highest BCUT2D eigenvalue weighted by atomic mass is 16.6. The van der Waals surface area contributed by atoms with Crippen molar-refractivity contribution >= 4 is 11.8 Å². The van der Waals surface area contributed by atoms with Crippen molar-refractivity contribution in [3.05, 3.63) is 23.8 Å². The summed E-state index contributed by atoms with van der Waals surface area (Å²) in [5.41, 5.74) is -0.745. The molecule has 5 aliphatic rings. The molecule has 4 aliphatic carbocycles. The fourth-order valence-electron chi connectivity index (χ4n) is 10.3. The number of aliphatic hydroxyl groups excluding tert-OH is 2. The highest BCUT2D eigenvalue weighted by Crippen LogP contribution is 2.72. The number of allylic oxidation sites excluding steroid dienone is 3. The van der Waals surface area contributed by atoms with Crippen LogP contribution in [0.5, 0.6) is 0 Å². The van der Waals surface area contributed by atoms with Crippen LogP contribution in [0.15, 0.2) is 23.8 Å². The maximum atomic E-state index is 13.0. The van der Waals surface area contributed by atoms with Gasteiger partial charge in [-0.25, -0.2) is 0 Å². The van der Waals surface area contributed by atoms with Gasteiger partial charge in [0.25, 0.3) is 0 Å². The molecular formula is C32H48O6. The van der Waals surface area contributed by atoms with E-state index in [1.165, 1.54) is 12.5 Å². The summed E-state index contributed by atoms with van der Waals surface area (Å²) < 4.78 is 12.2. The largest absolute Gasteiger partial charge is 0.462 e. The van der Waals surface area contributed by atoms with Crippen molar-refractivity contribution in [2.45, 2.75) is 112 Å². The van der Waals surface area contributed by atoms with Gasteiger partial charge >= 0.3 is 5.97 Å². The third-order valence-electron chi connectivity index (χ3n) is 11.7. The van der Waals surface area contributed by atoms with Gasteiger partial charge in [0.2, 0.25) is 0 Å². The summed E-state index contributed by atoms with van der Waals surface area (Å²) in [4.78, 5) is 25.5. The zero-order valence-corrected chi connectivity index (χ0v) is 24.5. The van der Waals surface area contributed by atoms with Crippen molar-refractivity contribution in [1.82, 2.24) is 0 Å². The Hall–Kier alpha value is -1.50. The molecule has 0 aromatic rings. The summed E-state index contributed by atoms with van der Waals surface area (Å²) in [5, 5.41) is 23.1. The second-order valence-corrected chi connectivity index (χ2v) is 14.8. The lowest BCUT2D eigenvalue weighted by molar-refractivity contribution is -0.211. The second-order valence-electron chi connectivity index (χ2n) is 14.8. The van der Waals surface area contributed by atoms with Crippen molar-refractivity contribution in [3.8, 4) is 0 Å². The molecule has 38 heavy (non-hydrogen) atoms. The van der Waals surface area contributed by atoms with E-state index in [2.05, 4.69) is 40.7 Å². The molecule has 1 aliphatic heterocycles. The molecule has 2 N–H and O–H groups in total. The molecule has 3 fully saturated rings. The lowest BCUT2D eigenvalue weighted by atomic mass is 9.37. The van der Waals surface area contributed by atoms with Gasteiger partial charge in [-0.3, -0.25) is 9.59 Å². The molecule has 11 atom stereocenters. The van der Waals surface area contributed by atoms with Crippen LogP contribution in [0.25, 0.3) is 0 Å². The molecule has 1 heterocycles. The number of carbonyl (C=O) groups excluding carboxylic acids is 2. The molecule has 6 heteroatoms. The minimum Gasteiger partial charge on any atom is -0.462 e. The van der Waals surface area contributed by atoms with E-state index >= 15 is 0 Å². The van der Waals surface area contributed by atoms with Gasteiger partial charge in [0.05, 0.1) is 12.2 Å². The number of aliphatic hydroxyl groups is 2. The molecule has 5 rings (SSSR count). The molecule has 0 bridgehead atoms. The van der Waals surface area contributed by atoms with Crippen molar-refractivity contribution < 1.29 is 29.3 Å². The second kappa shape index (κ2) is 9.01. The Bertz CT molecular complexity index is 1060. The summed E-state index contributed by atoms with van der Waals surface area (Å²) >= 11 is 0. The molecule has 212 valence electrons. The Morgan fingerprint density at radius 2 is 1.84 bits per heavy atom. The minimum atomic E-state index is -0.804. The number of rotatable bonds is 4. The van der Waals surface area contributed by atoms with E-state index in [9.17, 15) is 19.8 Å². The molecule has 0 aromatic carbocycles. The van der Waals surface area contributed by atoms with Crippen LogP contribution in [0.3, 0.4) is 0 Å². The third-order valence-corrected chi connectivity index (χ3v) is 11.7. The van der Waals surface area contributed by atoms with E-state index in [1.807, 2.05) is 19.9 Å². The van der Waals surface area contributed by atoms with Crippen molar-refractivity contribution in [3.63, 3.8) is 0 Å². The quantitative estimate of drug-likeness (QED) is 0.384. The maximum absolute atomic E-state index is 13.0. The van der Waals surface area contributed by atoms with E-state index in [-0.39, 0.29) is 46.9 Å². The van der Waals surface area contributed by atoms with Crippen LogP contribution >= 0.6 is 0 Å². The fourth-order valence-corrected chi connectivity index (χ4v) is 10.3. The number of ether oxygens (including phenoxy) is 2. The van der Waals surface area contributed by atoms with Crippen LogP contribution in [0.4, 0.5) is 0 Å². The number of esters is 1. The van der Waals surface area contributed by atoms with Crippen LogP contribution in [-0.4, -0.2) is 46.6 Å². The summed E-state index contributed by atoms with van der Waals surface area (Å²) in [7, 11) is 0. The average molecular weight is 529 g/mol. The minimum absolute atomic E-state index is 0.00455. The van der Waals surface area contributed by atoms with Gasteiger partial charge in [-0.05, 0) is 66.8 Å². The number of fused-ring (bicyclic) bond motifs is 5. The van der Waals surface area contributed by atoms with E-state index in [0.717, 1.165) is 19.3 Å². The summed E-state index contributed by atoms with van der Waals surface area (Å²) in [5.74, 6) is 0.117. The predicted octanol–water partition coefficient (Wildman–Crippen LogP) is 5.22. The highest BCUT2D eigenvalue weighted by molar-refractivity contribution is 5.95. The van der Waals surface area contributed by atoms with Crippen molar-refractivity contribution in [1.29, 1.82) is 0 Å². The first-order chi connectivity index (χ1) is 17.6. The standard InChI is InChI=1S/C32H48O6/c1-17(2)13-19-14-20(28(36)38-19)21-9-10-23-31(21,7)16-22(34)27-30(6)12-11-25(35)29(4,5)24(30)15-26(32(23,27)8)37-18(3)33/h10-12,17,19-22,24,26-28,34,36H,9,13-16H2,1-8H3/t19-,20+,21-,22+,24+,26+,27-,28-,30-,31-,32+/m0/s1. The van der Waals surface area contributed by atoms with E-state index in [4.69, 9.17) is 9.47 Å². The van der Waals surface area contributed by atoms with E-state index in [0.29, 0.717) is 18.8 Å². The van der Waals surface area contributed by atoms with Gasteiger partial charge in [0.15, 0.2) is 12.1 Å². The SMILES string of the molecule is CC(=O)O[C@@H]1C[C@@H]2C(C)(C)C(=O)C=C[C@]2(C)[C@@H]2[C@H](O)C[C@]3(C)C(=CC[C@H]3[C@H]3C[C@H](CC(C)C)O[C@@H]3O)[C@]12C. The molecule has 0 unspecified atom stereocenters. The molecular weight excluding hydrogens is 480 g/mol. The first-order valence-corrected chi connectivity index (χ1v) is 14.7. The van der Waals surface area contributed by atoms with Crippen molar-refractivity contribution in [2.24, 2.45) is 51.2 Å². The Kier molecular flexibility index (Phi) is 6.65. The molecule has 6 nitrogen and oxygen atoms in total. The molecule has 2 saturated carbocycles. The first kappa shape index (κ1) is 28.0. The van der Waals surface area contributed by atoms with Gasteiger partial charge < -0.3 is 19.7 Å². The van der Waals surface area contributed by atoms with Gasteiger partial charge in [-0.1, -0.05) is 66.2 Å². The fraction of sp³-hybridized carbons (Fsp3) is 0.812. The van der Waals surface area contributed by atoms with Gasteiger partial charge in [0.1, 0.15) is 6.10 Å². The lowest BCUT2D eigenvalue weighted by Crippen LogP contribution is -2.68. The first-order valence-electron chi connectivity index (χ1n) is 14.7. The Balaban J connectivity index is 1.57. The van der Waals surface area contributed by atoms with Crippen LogP contribution in [-0.2, 0) is 19.1 Å². The van der Waals surface area contributed by atoms with E-state index < -0.39 is 34.7 Å². The molecule has 0 aromatic heterocycles. The van der Waals surface area contributed by atoms with Crippen LogP contribution in [0.2, 0.25) is 0 Å². The van der Waals surface area contributed by atoms with Crippen LogP contribution < -0.4 is 0 Å². The molecule has 0 amide bonds. The summed E-state index contributed by atoms with van der Waals surface area (Å²) in [6, 6.07) is 0. The van der Waals surface area contributed by atoms with Gasteiger partial charge in [0, 0.05) is 29.6 Å². The smallest absolute Gasteiger partial charge is 0.302 e. The van der Waals surface area contributed by atoms with Crippen LogP contribution in [0, 0.1) is 51.2 Å². The zero-order valence-electron chi connectivity index (χ0n) is 24.5. The lowest BCUT2D eigenvalue weighted by Gasteiger charge is -2.67. The maximum Gasteiger partial charge on any atom is 0.302 e. The zero-order chi connectivity index (χ0) is 28.0. The highest BCUT2D eigenvalue weighted by Gasteiger charge is 2.71. The predicted molar refractivity (Wildman–Crippen MR) is 145 cm³/mol. The number of carbonyl (C=O) groups is 2.